The highest BCUT2D eigenvalue weighted by atomic mass is 32.1. The van der Waals surface area contributed by atoms with Crippen LogP contribution in [0.2, 0.25) is 0 Å². The number of allylic oxidation sites excluding steroid dienone is 2. The smallest absolute Gasteiger partial charge is 0.235 e. The molecule has 1 unspecified atom stereocenters. The molecule has 1 aromatic rings. The molecule has 7 heteroatoms. The maximum atomic E-state index is 13.2. The Labute approximate surface area is 90.2 Å². The monoisotopic (exact) mass is 258 g/mol. The fraction of sp³-hybridized carbons (Fsp3) is 0.333. The summed E-state index contributed by atoms with van der Waals surface area (Å²) >= 11 is 0.973. The molecule has 0 aromatic carbocycles. The molecule has 1 atom stereocenters. The van der Waals surface area contributed by atoms with Gasteiger partial charge >= 0.3 is 11.8 Å². The SMILES string of the molecule is FC1=C(c2ccsc2)C(F)C(F)(F)C1(F)F. The highest BCUT2D eigenvalue weighted by Gasteiger charge is 2.72. The van der Waals surface area contributed by atoms with Gasteiger partial charge in [-0.3, -0.25) is 0 Å². The van der Waals surface area contributed by atoms with Crippen LogP contribution in [-0.4, -0.2) is 18.0 Å². The molecule has 0 saturated heterocycles. The number of hydrogen-bond acceptors (Lipinski definition) is 1. The first-order valence-electron chi connectivity index (χ1n) is 4.12. The van der Waals surface area contributed by atoms with Gasteiger partial charge < -0.3 is 0 Å². The van der Waals surface area contributed by atoms with Crippen LogP contribution < -0.4 is 0 Å². The van der Waals surface area contributed by atoms with Crippen LogP contribution in [0.4, 0.5) is 26.3 Å². The van der Waals surface area contributed by atoms with Crippen LogP contribution >= 0.6 is 11.3 Å². The second-order valence-corrected chi connectivity index (χ2v) is 4.08. The van der Waals surface area contributed by atoms with E-state index in [9.17, 15) is 26.3 Å². The summed E-state index contributed by atoms with van der Waals surface area (Å²) in [5.41, 5.74) is -1.52. The summed E-state index contributed by atoms with van der Waals surface area (Å²) in [5, 5.41) is 2.50. The molecule has 0 spiro atoms. The van der Waals surface area contributed by atoms with E-state index >= 15 is 0 Å². The molecule has 0 amide bonds. The Morgan fingerprint density at radius 1 is 1.19 bits per heavy atom. The Morgan fingerprint density at radius 3 is 2.19 bits per heavy atom. The molecule has 1 aliphatic rings. The first kappa shape index (κ1) is 11.5. The van der Waals surface area contributed by atoms with Gasteiger partial charge in [0, 0.05) is 5.57 Å². The fourth-order valence-electron chi connectivity index (χ4n) is 1.46. The molecule has 0 bridgehead atoms. The maximum Gasteiger partial charge on any atom is 0.364 e. The van der Waals surface area contributed by atoms with E-state index in [4.69, 9.17) is 0 Å². The van der Waals surface area contributed by atoms with Crippen LogP contribution in [0.15, 0.2) is 22.7 Å². The normalized spacial score (nSPS) is 27.5. The topological polar surface area (TPSA) is 0 Å². The lowest BCUT2D eigenvalue weighted by Gasteiger charge is -2.19. The molecule has 1 aromatic heterocycles. The van der Waals surface area contributed by atoms with Crippen LogP contribution in [0.3, 0.4) is 0 Å². The van der Waals surface area contributed by atoms with Gasteiger partial charge in [-0.2, -0.15) is 28.9 Å². The summed E-state index contributed by atoms with van der Waals surface area (Å²) in [7, 11) is 0. The van der Waals surface area contributed by atoms with Crippen molar-refractivity contribution in [2.45, 2.75) is 18.0 Å². The average molecular weight is 258 g/mol. The lowest BCUT2D eigenvalue weighted by molar-refractivity contribution is -0.203. The third-order valence-corrected chi connectivity index (χ3v) is 3.02. The second-order valence-electron chi connectivity index (χ2n) is 3.30. The van der Waals surface area contributed by atoms with E-state index in [0.717, 1.165) is 22.8 Å². The van der Waals surface area contributed by atoms with Crippen LogP contribution in [0.1, 0.15) is 5.56 Å². The Kier molecular flexibility index (Phi) is 2.34. The largest absolute Gasteiger partial charge is 0.364 e. The number of hydrogen-bond donors (Lipinski definition) is 0. The van der Waals surface area contributed by atoms with Crippen LogP contribution in [0.25, 0.3) is 5.57 Å². The minimum absolute atomic E-state index is 0.271. The van der Waals surface area contributed by atoms with Crippen LogP contribution in [0.5, 0.6) is 0 Å². The van der Waals surface area contributed by atoms with Crippen molar-refractivity contribution in [1.29, 1.82) is 0 Å². The van der Waals surface area contributed by atoms with Gasteiger partial charge in [0.05, 0.1) is 0 Å². The Bertz CT molecular complexity index is 433. The van der Waals surface area contributed by atoms with Crippen molar-refractivity contribution in [2.75, 3.05) is 0 Å². The van der Waals surface area contributed by atoms with E-state index in [2.05, 4.69) is 0 Å². The van der Waals surface area contributed by atoms with Crippen molar-refractivity contribution < 1.29 is 26.3 Å². The van der Waals surface area contributed by atoms with Crippen molar-refractivity contribution in [3.8, 4) is 0 Å². The zero-order valence-corrected chi connectivity index (χ0v) is 8.30. The Hall–Kier alpha value is -0.980. The number of thiophene rings is 1. The maximum absolute atomic E-state index is 13.2. The van der Waals surface area contributed by atoms with Gasteiger partial charge in [0.1, 0.15) is 0 Å². The standard InChI is InChI=1S/C9H4F6S/c10-6-5(4-1-2-16-3-4)7(11)9(14,15)8(6,12)13/h1-3,6H. The molecule has 16 heavy (non-hydrogen) atoms. The average Bonchev–Trinajstić information content (AvgIpc) is 2.73. The molecule has 0 N–H and O–H groups in total. The van der Waals surface area contributed by atoms with Crippen molar-refractivity contribution in [3.05, 3.63) is 28.2 Å². The van der Waals surface area contributed by atoms with Gasteiger partial charge in [-0.05, 0) is 22.4 Å². The van der Waals surface area contributed by atoms with E-state index in [1.807, 2.05) is 0 Å². The van der Waals surface area contributed by atoms with E-state index in [1.54, 1.807) is 0 Å². The van der Waals surface area contributed by atoms with Crippen molar-refractivity contribution >= 4 is 16.9 Å². The Balaban J connectivity index is 2.59. The molecule has 1 aliphatic carbocycles. The molecule has 0 radical (unpaired) electrons. The minimum Gasteiger partial charge on any atom is -0.235 e. The van der Waals surface area contributed by atoms with Gasteiger partial charge in [-0.1, -0.05) is 0 Å². The predicted octanol–water partition coefficient (Wildman–Crippen LogP) is 4.05. The summed E-state index contributed by atoms with van der Waals surface area (Å²) in [6.07, 6.45) is -3.32. The number of halogens is 6. The summed E-state index contributed by atoms with van der Waals surface area (Å²) in [6, 6.07) is 1.11. The van der Waals surface area contributed by atoms with Gasteiger partial charge in [-0.25, -0.2) is 8.78 Å². The van der Waals surface area contributed by atoms with E-state index in [0.29, 0.717) is 0 Å². The molecule has 0 saturated carbocycles. The quantitative estimate of drug-likeness (QED) is 0.666. The summed E-state index contributed by atoms with van der Waals surface area (Å²) in [6.45, 7) is 0. The van der Waals surface area contributed by atoms with Gasteiger partial charge in [0.2, 0.25) is 0 Å². The summed E-state index contributed by atoms with van der Waals surface area (Å²) < 4.78 is 77.4. The molecule has 0 aliphatic heterocycles. The number of rotatable bonds is 1. The third kappa shape index (κ3) is 1.24. The lowest BCUT2D eigenvalue weighted by atomic mass is 10.1. The van der Waals surface area contributed by atoms with Crippen molar-refractivity contribution in [2.24, 2.45) is 0 Å². The van der Waals surface area contributed by atoms with E-state index in [1.165, 1.54) is 5.38 Å². The highest BCUT2D eigenvalue weighted by molar-refractivity contribution is 7.08. The highest BCUT2D eigenvalue weighted by Crippen LogP contribution is 2.55. The van der Waals surface area contributed by atoms with Crippen molar-refractivity contribution in [1.82, 2.24) is 0 Å². The minimum atomic E-state index is -5.08. The first-order chi connectivity index (χ1) is 7.30. The second kappa shape index (κ2) is 3.26. The number of alkyl halides is 5. The van der Waals surface area contributed by atoms with Crippen molar-refractivity contribution in [3.63, 3.8) is 0 Å². The molecular formula is C9H4F6S. The molecule has 1 heterocycles. The van der Waals surface area contributed by atoms with E-state index in [-0.39, 0.29) is 5.56 Å². The molecular weight excluding hydrogens is 254 g/mol. The Morgan fingerprint density at radius 2 is 1.81 bits per heavy atom. The zero-order chi connectivity index (χ0) is 12.1. The summed E-state index contributed by atoms with van der Waals surface area (Å²) in [4.78, 5) is 0. The van der Waals surface area contributed by atoms with Gasteiger partial charge in [0.25, 0.3) is 0 Å². The van der Waals surface area contributed by atoms with E-state index < -0.39 is 29.4 Å². The zero-order valence-electron chi connectivity index (χ0n) is 7.49. The predicted molar refractivity (Wildman–Crippen MR) is 47.1 cm³/mol. The van der Waals surface area contributed by atoms with Gasteiger partial charge in [0.15, 0.2) is 12.0 Å². The van der Waals surface area contributed by atoms with Crippen LogP contribution in [0, 0.1) is 0 Å². The third-order valence-electron chi connectivity index (χ3n) is 2.33. The lowest BCUT2D eigenvalue weighted by Crippen LogP contribution is -2.42. The summed E-state index contributed by atoms with van der Waals surface area (Å²) in [5.74, 6) is -12.5. The van der Waals surface area contributed by atoms with Crippen LogP contribution in [-0.2, 0) is 0 Å². The molecule has 88 valence electrons. The molecule has 0 nitrogen and oxygen atoms in total. The molecule has 2 rings (SSSR count). The molecule has 0 fully saturated rings. The first-order valence-corrected chi connectivity index (χ1v) is 5.07. The fourth-order valence-corrected chi connectivity index (χ4v) is 2.11. The van der Waals surface area contributed by atoms with Gasteiger partial charge in [-0.15, -0.1) is 0 Å².